The summed E-state index contributed by atoms with van der Waals surface area (Å²) in [5.74, 6) is -0.439. The van der Waals surface area contributed by atoms with Crippen molar-refractivity contribution in [2.24, 2.45) is 0 Å². The first-order valence-corrected chi connectivity index (χ1v) is 12.9. The van der Waals surface area contributed by atoms with E-state index in [0.717, 1.165) is 22.3 Å². The lowest BCUT2D eigenvalue weighted by Gasteiger charge is -2.29. The Morgan fingerprint density at radius 1 is 1.00 bits per heavy atom. The molecular weight excluding hydrogens is 438 g/mol. The number of anilines is 1. The molecule has 180 valence electrons. The lowest BCUT2D eigenvalue weighted by Crippen LogP contribution is -2.46. The van der Waals surface area contributed by atoms with Gasteiger partial charge in [-0.05, 0) is 62.9 Å². The second kappa shape index (κ2) is 11.3. The lowest BCUT2D eigenvalue weighted by molar-refractivity contribution is -0.140. The maximum atomic E-state index is 13.1. The van der Waals surface area contributed by atoms with E-state index in [0.29, 0.717) is 18.7 Å². The number of hydrogen-bond acceptors (Lipinski definition) is 4. The molecule has 2 aromatic carbocycles. The molecule has 0 bridgehead atoms. The van der Waals surface area contributed by atoms with Crippen molar-refractivity contribution >= 4 is 27.5 Å². The molecule has 2 amide bonds. The van der Waals surface area contributed by atoms with Crippen molar-refractivity contribution in [1.82, 2.24) is 10.2 Å². The minimum absolute atomic E-state index is 0.129. The molecule has 8 heteroatoms. The normalized spacial score (nSPS) is 12.2. The molecular formula is C25H35N3O4S. The highest BCUT2D eigenvalue weighted by molar-refractivity contribution is 7.92. The standard InChI is InChI=1S/C25H35N3O4S/c1-18-9-7-10-22(14-18)17-27(21(4)25(30)26-5)24(29)11-8-12-28(33(6,31)32)23-15-19(2)13-20(3)16-23/h7,9-10,13-16,21H,8,11-12,17H2,1-6H3,(H,26,30)/t21-/m0/s1. The summed E-state index contributed by atoms with van der Waals surface area (Å²) in [6, 6.07) is 12.8. The Kier molecular flexibility index (Phi) is 9.05. The summed E-state index contributed by atoms with van der Waals surface area (Å²) in [5.41, 5.74) is 4.55. The van der Waals surface area contributed by atoms with Crippen LogP contribution in [0.25, 0.3) is 0 Å². The fourth-order valence-corrected chi connectivity index (χ4v) is 4.85. The van der Waals surface area contributed by atoms with Gasteiger partial charge in [-0.2, -0.15) is 0 Å². The third kappa shape index (κ3) is 7.60. The van der Waals surface area contributed by atoms with Crippen LogP contribution in [-0.2, 0) is 26.2 Å². The van der Waals surface area contributed by atoms with Gasteiger partial charge in [-0.25, -0.2) is 8.42 Å². The van der Waals surface area contributed by atoms with Crippen LogP contribution in [0, 0.1) is 20.8 Å². The number of likely N-dealkylation sites (N-methyl/N-ethyl adjacent to an activating group) is 1. The van der Waals surface area contributed by atoms with Crippen molar-refractivity contribution in [3.63, 3.8) is 0 Å². The van der Waals surface area contributed by atoms with Crippen LogP contribution in [0.5, 0.6) is 0 Å². The zero-order chi connectivity index (χ0) is 24.8. The zero-order valence-corrected chi connectivity index (χ0v) is 21.2. The van der Waals surface area contributed by atoms with Gasteiger partial charge in [0.25, 0.3) is 0 Å². The summed E-state index contributed by atoms with van der Waals surface area (Å²) >= 11 is 0. The van der Waals surface area contributed by atoms with Crippen LogP contribution >= 0.6 is 0 Å². The Bertz CT molecular complexity index is 1080. The summed E-state index contributed by atoms with van der Waals surface area (Å²) in [4.78, 5) is 27.0. The van der Waals surface area contributed by atoms with E-state index < -0.39 is 16.1 Å². The molecule has 1 N–H and O–H groups in total. The van der Waals surface area contributed by atoms with Crippen LogP contribution in [0.1, 0.15) is 42.0 Å². The van der Waals surface area contributed by atoms with Gasteiger partial charge >= 0.3 is 0 Å². The molecule has 0 heterocycles. The number of sulfonamides is 1. The van der Waals surface area contributed by atoms with E-state index in [4.69, 9.17) is 0 Å². The van der Waals surface area contributed by atoms with E-state index in [1.54, 1.807) is 18.9 Å². The Labute approximate surface area is 197 Å². The van der Waals surface area contributed by atoms with Crippen molar-refractivity contribution in [2.75, 3.05) is 24.2 Å². The molecule has 0 aliphatic carbocycles. The molecule has 2 rings (SSSR count). The Morgan fingerprint density at radius 3 is 2.18 bits per heavy atom. The lowest BCUT2D eigenvalue weighted by atomic mass is 10.1. The average Bonchev–Trinajstić information content (AvgIpc) is 2.72. The van der Waals surface area contributed by atoms with Crippen molar-refractivity contribution in [3.8, 4) is 0 Å². The van der Waals surface area contributed by atoms with Gasteiger partial charge < -0.3 is 10.2 Å². The number of amides is 2. The number of carbonyl (C=O) groups excluding carboxylic acids is 2. The molecule has 2 aromatic rings. The van der Waals surface area contributed by atoms with Gasteiger partial charge in [-0.3, -0.25) is 13.9 Å². The number of aryl methyl sites for hydroxylation is 3. The summed E-state index contributed by atoms with van der Waals surface area (Å²) in [7, 11) is -1.97. The number of nitrogens with zero attached hydrogens (tertiary/aromatic N) is 2. The highest BCUT2D eigenvalue weighted by atomic mass is 32.2. The monoisotopic (exact) mass is 473 g/mol. The predicted octanol–water partition coefficient (Wildman–Crippen LogP) is 3.32. The molecule has 7 nitrogen and oxygen atoms in total. The number of benzene rings is 2. The molecule has 0 saturated carbocycles. The van der Waals surface area contributed by atoms with E-state index in [1.807, 2.05) is 63.2 Å². The highest BCUT2D eigenvalue weighted by Gasteiger charge is 2.26. The van der Waals surface area contributed by atoms with Crippen molar-refractivity contribution in [1.29, 1.82) is 0 Å². The van der Waals surface area contributed by atoms with Gasteiger partial charge in [-0.15, -0.1) is 0 Å². The van der Waals surface area contributed by atoms with Crippen LogP contribution in [0.3, 0.4) is 0 Å². The van der Waals surface area contributed by atoms with Crippen molar-refractivity contribution in [2.45, 2.75) is 53.1 Å². The maximum absolute atomic E-state index is 13.1. The fraction of sp³-hybridized carbons (Fsp3) is 0.440. The third-order valence-electron chi connectivity index (χ3n) is 5.50. The van der Waals surface area contributed by atoms with Gasteiger partial charge in [0, 0.05) is 26.6 Å². The number of carbonyl (C=O) groups is 2. The number of hydrogen-bond donors (Lipinski definition) is 1. The van der Waals surface area contributed by atoms with Crippen LogP contribution in [0.2, 0.25) is 0 Å². The first-order valence-electron chi connectivity index (χ1n) is 11.0. The van der Waals surface area contributed by atoms with Crippen molar-refractivity contribution < 1.29 is 18.0 Å². The minimum Gasteiger partial charge on any atom is -0.357 e. The summed E-state index contributed by atoms with van der Waals surface area (Å²) in [6.07, 6.45) is 1.64. The van der Waals surface area contributed by atoms with Gasteiger partial charge in [0.15, 0.2) is 0 Å². The Hall–Kier alpha value is -2.87. The molecule has 1 atom stereocenters. The Balaban J connectivity index is 2.17. The summed E-state index contributed by atoms with van der Waals surface area (Å²) in [5, 5.41) is 2.60. The molecule has 0 spiro atoms. The Morgan fingerprint density at radius 2 is 1.64 bits per heavy atom. The summed E-state index contributed by atoms with van der Waals surface area (Å²) in [6.45, 7) is 8.01. The molecule has 0 radical (unpaired) electrons. The second-order valence-corrected chi connectivity index (χ2v) is 10.5. The van der Waals surface area contributed by atoms with E-state index in [2.05, 4.69) is 5.32 Å². The van der Waals surface area contributed by atoms with Crippen LogP contribution in [-0.4, -0.2) is 51.0 Å². The molecule has 0 saturated heterocycles. The van der Waals surface area contributed by atoms with Crippen LogP contribution < -0.4 is 9.62 Å². The predicted molar refractivity (Wildman–Crippen MR) is 133 cm³/mol. The molecule has 0 aromatic heterocycles. The average molecular weight is 474 g/mol. The van der Waals surface area contributed by atoms with E-state index in [-0.39, 0.29) is 24.8 Å². The molecule has 0 unspecified atom stereocenters. The fourth-order valence-electron chi connectivity index (χ4n) is 3.90. The molecule has 0 aliphatic heterocycles. The largest absolute Gasteiger partial charge is 0.357 e. The second-order valence-electron chi connectivity index (χ2n) is 8.59. The van der Waals surface area contributed by atoms with Gasteiger partial charge in [0.05, 0.1) is 11.9 Å². The van der Waals surface area contributed by atoms with Gasteiger partial charge in [0.1, 0.15) is 6.04 Å². The SMILES string of the molecule is CNC(=O)[C@H](C)N(Cc1cccc(C)c1)C(=O)CCCN(c1cc(C)cc(C)c1)S(C)(=O)=O. The van der Waals surface area contributed by atoms with Gasteiger partial charge in [-0.1, -0.05) is 35.9 Å². The first kappa shape index (κ1) is 26.4. The third-order valence-corrected chi connectivity index (χ3v) is 6.69. The molecule has 0 fully saturated rings. The van der Waals surface area contributed by atoms with Gasteiger partial charge in [0.2, 0.25) is 21.8 Å². The summed E-state index contributed by atoms with van der Waals surface area (Å²) < 4.78 is 26.2. The smallest absolute Gasteiger partial charge is 0.242 e. The maximum Gasteiger partial charge on any atom is 0.242 e. The number of nitrogens with one attached hydrogen (secondary N) is 1. The molecule has 33 heavy (non-hydrogen) atoms. The van der Waals surface area contributed by atoms with E-state index in [1.165, 1.54) is 10.6 Å². The first-order chi connectivity index (χ1) is 15.4. The zero-order valence-electron chi connectivity index (χ0n) is 20.4. The topological polar surface area (TPSA) is 86.8 Å². The number of rotatable bonds is 10. The van der Waals surface area contributed by atoms with Crippen LogP contribution in [0.4, 0.5) is 5.69 Å². The minimum atomic E-state index is -3.51. The quantitative estimate of drug-likeness (QED) is 0.574. The highest BCUT2D eigenvalue weighted by Crippen LogP contribution is 2.22. The van der Waals surface area contributed by atoms with Crippen LogP contribution in [0.15, 0.2) is 42.5 Å². The van der Waals surface area contributed by atoms with Crippen molar-refractivity contribution in [3.05, 3.63) is 64.7 Å². The van der Waals surface area contributed by atoms with E-state index in [9.17, 15) is 18.0 Å². The van der Waals surface area contributed by atoms with E-state index >= 15 is 0 Å². The molecule has 0 aliphatic rings.